The van der Waals surface area contributed by atoms with Crippen LogP contribution in [0.2, 0.25) is 0 Å². The minimum Gasteiger partial charge on any atom is -0.486 e. The van der Waals surface area contributed by atoms with E-state index in [1.807, 2.05) is 51.1 Å². The highest BCUT2D eigenvalue weighted by Crippen LogP contribution is 2.37. The molecule has 0 N–H and O–H groups in total. The van der Waals surface area contributed by atoms with Gasteiger partial charge in [0.05, 0.1) is 18.1 Å². The smallest absolute Gasteiger partial charge is 0.410 e. The fourth-order valence-electron chi connectivity index (χ4n) is 3.58. The summed E-state index contributed by atoms with van der Waals surface area (Å²) in [6.07, 6.45) is 0.356. The molecule has 10 nitrogen and oxygen atoms in total. The number of rotatable bonds is 7. The molecule has 1 aliphatic rings. The van der Waals surface area contributed by atoms with E-state index >= 15 is 0 Å². The zero-order valence-electron chi connectivity index (χ0n) is 20.3. The van der Waals surface area contributed by atoms with Crippen molar-refractivity contribution in [1.29, 1.82) is 0 Å². The third-order valence-electron chi connectivity index (χ3n) is 5.29. The van der Waals surface area contributed by atoms with Gasteiger partial charge in [0.25, 0.3) is 5.69 Å². The van der Waals surface area contributed by atoms with E-state index < -0.39 is 22.2 Å². The number of likely N-dealkylation sites (tertiary alicyclic amines) is 1. The summed E-state index contributed by atoms with van der Waals surface area (Å²) in [5.41, 5.74) is -0.389. The molecule has 1 amide bonds. The summed E-state index contributed by atoms with van der Waals surface area (Å²) < 4.78 is 22.2. The van der Waals surface area contributed by atoms with Gasteiger partial charge in [-0.3, -0.25) is 10.1 Å². The molecule has 0 aromatic heterocycles. The molecule has 0 saturated carbocycles. The summed E-state index contributed by atoms with van der Waals surface area (Å²) in [4.78, 5) is 37.1. The lowest BCUT2D eigenvalue weighted by atomic mass is 10.1. The van der Waals surface area contributed by atoms with E-state index in [1.165, 1.54) is 12.1 Å². The summed E-state index contributed by atoms with van der Waals surface area (Å²) in [5.74, 6) is -0.513. The molecule has 10 heteroatoms. The zero-order valence-corrected chi connectivity index (χ0v) is 20.3. The zero-order chi connectivity index (χ0) is 25.6. The van der Waals surface area contributed by atoms with Crippen LogP contribution in [0, 0.1) is 10.1 Å². The third-order valence-corrected chi connectivity index (χ3v) is 5.29. The summed E-state index contributed by atoms with van der Waals surface area (Å²) >= 11 is 0. The summed E-state index contributed by atoms with van der Waals surface area (Å²) in [6, 6.07) is 11.8. The highest BCUT2D eigenvalue weighted by Gasteiger charge is 2.30. The molecule has 2 aromatic rings. The molecule has 188 valence electrons. The molecule has 1 saturated heterocycles. The van der Waals surface area contributed by atoms with E-state index in [1.54, 1.807) is 4.90 Å². The predicted molar refractivity (Wildman–Crippen MR) is 127 cm³/mol. The first-order valence-corrected chi connectivity index (χ1v) is 11.3. The second-order valence-electron chi connectivity index (χ2n) is 9.12. The molecule has 0 aliphatic carbocycles. The SMILES string of the molecule is COC(=O)c1cc(OC2CCN(C(=O)OC(C)(C)C)CC2)c(OCc2ccccc2)cc1[N+](=O)[O-]. The molecule has 3 rings (SSSR count). The Kier molecular flexibility index (Phi) is 8.16. The molecule has 0 atom stereocenters. The number of nitro benzene ring substituents is 1. The van der Waals surface area contributed by atoms with Crippen molar-refractivity contribution in [3.63, 3.8) is 0 Å². The van der Waals surface area contributed by atoms with Gasteiger partial charge in [0.15, 0.2) is 11.5 Å². The van der Waals surface area contributed by atoms with Crippen molar-refractivity contribution in [2.24, 2.45) is 0 Å². The quantitative estimate of drug-likeness (QED) is 0.313. The second kappa shape index (κ2) is 11.1. The van der Waals surface area contributed by atoms with Crippen LogP contribution in [0.1, 0.15) is 49.5 Å². The number of carbonyl (C=O) groups excluding carboxylic acids is 2. The molecule has 1 fully saturated rings. The standard InChI is InChI=1S/C25H30N2O8/c1-25(2,3)35-24(29)26-12-10-18(11-13-26)34-22-14-19(23(28)32-4)20(27(30)31)15-21(22)33-16-17-8-6-5-7-9-17/h5-9,14-15,18H,10-13,16H2,1-4H3. The Morgan fingerprint density at radius 1 is 1.09 bits per heavy atom. The number of ether oxygens (including phenoxy) is 4. The van der Waals surface area contributed by atoms with Gasteiger partial charge in [-0.25, -0.2) is 9.59 Å². The minimum absolute atomic E-state index is 0.141. The summed E-state index contributed by atoms with van der Waals surface area (Å²) in [5, 5.41) is 11.6. The summed E-state index contributed by atoms with van der Waals surface area (Å²) in [7, 11) is 1.15. The average molecular weight is 487 g/mol. The fraction of sp³-hybridized carbons (Fsp3) is 0.440. The van der Waals surface area contributed by atoms with Gasteiger partial charge in [0.1, 0.15) is 23.9 Å². The maximum Gasteiger partial charge on any atom is 0.410 e. The van der Waals surface area contributed by atoms with Gasteiger partial charge in [-0.05, 0) is 26.3 Å². The number of hydrogen-bond donors (Lipinski definition) is 0. The topological polar surface area (TPSA) is 117 Å². The Labute approximate surface area is 203 Å². The molecule has 0 unspecified atom stereocenters. The molecular weight excluding hydrogens is 456 g/mol. The van der Waals surface area contributed by atoms with Crippen molar-refractivity contribution in [1.82, 2.24) is 4.90 Å². The van der Waals surface area contributed by atoms with Crippen molar-refractivity contribution in [3.8, 4) is 11.5 Å². The van der Waals surface area contributed by atoms with Crippen molar-refractivity contribution in [2.75, 3.05) is 20.2 Å². The van der Waals surface area contributed by atoms with Crippen molar-refractivity contribution < 1.29 is 33.5 Å². The Hall–Kier alpha value is -3.82. The van der Waals surface area contributed by atoms with Crippen LogP contribution in [0.25, 0.3) is 0 Å². The van der Waals surface area contributed by atoms with Gasteiger partial charge < -0.3 is 23.8 Å². The van der Waals surface area contributed by atoms with Crippen LogP contribution in [-0.2, 0) is 16.1 Å². The maximum absolute atomic E-state index is 12.3. The number of hydrogen-bond acceptors (Lipinski definition) is 8. The molecular formula is C25H30N2O8. The minimum atomic E-state index is -0.851. The highest BCUT2D eigenvalue weighted by molar-refractivity contribution is 5.95. The van der Waals surface area contributed by atoms with Crippen LogP contribution in [0.3, 0.4) is 0 Å². The lowest BCUT2D eigenvalue weighted by molar-refractivity contribution is -0.385. The number of nitro groups is 1. The Bertz CT molecular complexity index is 1060. The average Bonchev–Trinajstić information content (AvgIpc) is 2.82. The van der Waals surface area contributed by atoms with Crippen molar-refractivity contribution >= 4 is 17.7 Å². The number of amides is 1. The van der Waals surface area contributed by atoms with E-state index in [0.29, 0.717) is 25.9 Å². The molecule has 1 heterocycles. The lowest BCUT2D eigenvalue weighted by Gasteiger charge is -2.33. The van der Waals surface area contributed by atoms with Gasteiger partial charge in [0.2, 0.25) is 0 Å². The van der Waals surface area contributed by atoms with Gasteiger partial charge >= 0.3 is 12.1 Å². The van der Waals surface area contributed by atoms with Gasteiger partial charge in [-0.2, -0.15) is 0 Å². The van der Waals surface area contributed by atoms with Gasteiger partial charge in [-0.1, -0.05) is 30.3 Å². The van der Waals surface area contributed by atoms with Crippen LogP contribution in [0.5, 0.6) is 11.5 Å². The number of carbonyl (C=O) groups is 2. The van der Waals surface area contributed by atoms with Crippen molar-refractivity contribution in [3.05, 3.63) is 63.7 Å². The maximum atomic E-state index is 12.3. The van der Waals surface area contributed by atoms with Crippen LogP contribution in [0.4, 0.5) is 10.5 Å². The first-order valence-electron chi connectivity index (χ1n) is 11.3. The Balaban J connectivity index is 1.80. The third kappa shape index (κ3) is 7.08. The molecule has 0 radical (unpaired) electrons. The van der Waals surface area contributed by atoms with E-state index in [-0.39, 0.29) is 35.9 Å². The molecule has 2 aromatic carbocycles. The number of benzene rings is 2. The number of nitrogens with zero attached hydrogens (tertiary/aromatic N) is 2. The molecule has 1 aliphatic heterocycles. The lowest BCUT2D eigenvalue weighted by Crippen LogP contribution is -2.44. The Morgan fingerprint density at radius 2 is 1.74 bits per heavy atom. The van der Waals surface area contributed by atoms with Gasteiger partial charge in [-0.15, -0.1) is 0 Å². The van der Waals surface area contributed by atoms with E-state index in [4.69, 9.17) is 18.9 Å². The monoisotopic (exact) mass is 486 g/mol. The number of esters is 1. The van der Waals surface area contributed by atoms with Crippen LogP contribution in [0.15, 0.2) is 42.5 Å². The normalized spacial score (nSPS) is 14.2. The number of methoxy groups -OCH3 is 1. The highest BCUT2D eigenvalue weighted by atomic mass is 16.6. The van der Waals surface area contributed by atoms with E-state index in [2.05, 4.69) is 0 Å². The molecule has 0 bridgehead atoms. The van der Waals surface area contributed by atoms with E-state index in [0.717, 1.165) is 12.7 Å². The van der Waals surface area contributed by atoms with Crippen LogP contribution >= 0.6 is 0 Å². The van der Waals surface area contributed by atoms with Crippen LogP contribution < -0.4 is 9.47 Å². The number of piperidine rings is 1. The first-order chi connectivity index (χ1) is 16.6. The van der Waals surface area contributed by atoms with Crippen molar-refractivity contribution in [2.45, 2.75) is 51.9 Å². The fourth-order valence-corrected chi connectivity index (χ4v) is 3.58. The van der Waals surface area contributed by atoms with E-state index in [9.17, 15) is 19.7 Å². The first kappa shape index (κ1) is 25.8. The Morgan fingerprint density at radius 3 is 2.31 bits per heavy atom. The second-order valence-corrected chi connectivity index (χ2v) is 9.12. The van der Waals surface area contributed by atoms with Gasteiger partial charge in [0, 0.05) is 32.0 Å². The van der Waals surface area contributed by atoms with Crippen LogP contribution in [-0.4, -0.2) is 53.8 Å². The largest absolute Gasteiger partial charge is 0.486 e. The predicted octanol–water partition coefficient (Wildman–Crippen LogP) is 4.74. The molecule has 0 spiro atoms. The summed E-state index contributed by atoms with van der Waals surface area (Å²) in [6.45, 7) is 6.44. The molecule has 35 heavy (non-hydrogen) atoms.